The van der Waals surface area contributed by atoms with Crippen molar-refractivity contribution in [2.75, 3.05) is 13.1 Å². The third kappa shape index (κ3) is 5.32. The van der Waals surface area contributed by atoms with Gasteiger partial charge in [0, 0.05) is 25.5 Å². The Morgan fingerprint density at radius 1 is 1.08 bits per heavy atom. The van der Waals surface area contributed by atoms with Gasteiger partial charge in [0.2, 0.25) is 0 Å². The summed E-state index contributed by atoms with van der Waals surface area (Å²) in [6.07, 6.45) is 2.68. The molecule has 1 unspecified atom stereocenters. The number of hydrogen-bond acceptors (Lipinski definition) is 5. The van der Waals surface area contributed by atoms with E-state index in [1.807, 2.05) is 6.92 Å². The van der Waals surface area contributed by atoms with E-state index in [-0.39, 0.29) is 29.7 Å². The summed E-state index contributed by atoms with van der Waals surface area (Å²) in [7, 11) is 0. The first kappa shape index (κ1) is 18.5. The quantitative estimate of drug-likeness (QED) is 0.690. The Labute approximate surface area is 144 Å². The first-order valence-corrected chi connectivity index (χ1v) is 7.83. The lowest BCUT2D eigenvalue weighted by atomic mass is 10.2. The Kier molecular flexibility index (Phi) is 6.53. The normalized spacial score (nSPS) is 11.6. The lowest BCUT2D eigenvalue weighted by molar-refractivity contribution is 0.0907. The number of carbonyl (C=O) groups is 2. The highest BCUT2D eigenvalue weighted by molar-refractivity contribution is 6.04. The fraction of sp³-hybridized carbons (Fsp3) is 0.294. The SMILES string of the molecule is CC(CN)CNC(=O)c1nccnc1C(=O)NCc1ccc(F)cc1. The van der Waals surface area contributed by atoms with Crippen LogP contribution in [0.1, 0.15) is 33.5 Å². The average molecular weight is 345 g/mol. The van der Waals surface area contributed by atoms with Gasteiger partial charge in [0.1, 0.15) is 5.82 Å². The van der Waals surface area contributed by atoms with Crippen LogP contribution in [0.2, 0.25) is 0 Å². The smallest absolute Gasteiger partial charge is 0.272 e. The van der Waals surface area contributed by atoms with Gasteiger partial charge in [-0.3, -0.25) is 9.59 Å². The van der Waals surface area contributed by atoms with E-state index in [0.29, 0.717) is 13.1 Å². The van der Waals surface area contributed by atoms with E-state index in [0.717, 1.165) is 5.56 Å². The van der Waals surface area contributed by atoms with Gasteiger partial charge in [-0.15, -0.1) is 0 Å². The maximum absolute atomic E-state index is 12.9. The molecule has 0 aliphatic rings. The van der Waals surface area contributed by atoms with E-state index >= 15 is 0 Å². The molecular formula is C17H20FN5O2. The number of amides is 2. The van der Waals surface area contributed by atoms with E-state index in [1.54, 1.807) is 12.1 Å². The topological polar surface area (TPSA) is 110 Å². The van der Waals surface area contributed by atoms with Crippen molar-refractivity contribution in [3.63, 3.8) is 0 Å². The Morgan fingerprint density at radius 2 is 1.64 bits per heavy atom. The number of benzene rings is 1. The van der Waals surface area contributed by atoms with Crippen LogP contribution < -0.4 is 16.4 Å². The summed E-state index contributed by atoms with van der Waals surface area (Å²) in [5.74, 6) is -1.26. The van der Waals surface area contributed by atoms with Crippen molar-refractivity contribution < 1.29 is 14.0 Å². The molecule has 0 fully saturated rings. The third-order valence-corrected chi connectivity index (χ3v) is 3.51. The van der Waals surface area contributed by atoms with Gasteiger partial charge in [-0.25, -0.2) is 14.4 Å². The highest BCUT2D eigenvalue weighted by atomic mass is 19.1. The van der Waals surface area contributed by atoms with Crippen LogP contribution in [0.15, 0.2) is 36.7 Å². The first-order valence-electron chi connectivity index (χ1n) is 7.83. The number of hydrogen-bond donors (Lipinski definition) is 3. The molecule has 7 nitrogen and oxygen atoms in total. The summed E-state index contributed by atoms with van der Waals surface area (Å²) in [6, 6.07) is 5.74. The van der Waals surface area contributed by atoms with Gasteiger partial charge in [-0.05, 0) is 30.2 Å². The molecule has 0 radical (unpaired) electrons. The molecule has 0 saturated heterocycles. The minimum absolute atomic E-state index is 0.0525. The number of nitrogens with two attached hydrogens (primary N) is 1. The van der Waals surface area contributed by atoms with E-state index in [9.17, 15) is 14.0 Å². The van der Waals surface area contributed by atoms with Crippen molar-refractivity contribution >= 4 is 11.8 Å². The second kappa shape index (κ2) is 8.84. The minimum Gasteiger partial charge on any atom is -0.350 e. The molecule has 132 valence electrons. The van der Waals surface area contributed by atoms with Crippen molar-refractivity contribution in [2.24, 2.45) is 11.7 Å². The molecule has 25 heavy (non-hydrogen) atoms. The van der Waals surface area contributed by atoms with Crippen LogP contribution in [0, 0.1) is 11.7 Å². The molecule has 2 aromatic rings. The molecule has 0 aliphatic carbocycles. The van der Waals surface area contributed by atoms with Crippen molar-refractivity contribution in [3.8, 4) is 0 Å². The van der Waals surface area contributed by atoms with Gasteiger partial charge in [-0.1, -0.05) is 19.1 Å². The number of carbonyl (C=O) groups excluding carboxylic acids is 2. The summed E-state index contributed by atoms with van der Waals surface area (Å²) < 4.78 is 12.9. The van der Waals surface area contributed by atoms with Gasteiger partial charge in [0.05, 0.1) is 0 Å². The summed E-state index contributed by atoms with van der Waals surface area (Å²) in [5, 5.41) is 5.32. The molecule has 0 aliphatic heterocycles. The lowest BCUT2D eigenvalue weighted by Gasteiger charge is -2.11. The number of rotatable bonds is 7. The number of nitrogens with one attached hydrogen (secondary N) is 2. The standard InChI is InChI=1S/C17H20FN5O2/c1-11(8-19)9-22-16(24)14-15(21-7-6-20-14)17(25)23-10-12-2-4-13(18)5-3-12/h2-7,11H,8-10,19H2,1H3,(H,22,24)(H,23,25). The van der Waals surface area contributed by atoms with Crippen LogP contribution in [0.3, 0.4) is 0 Å². The fourth-order valence-electron chi connectivity index (χ4n) is 1.97. The van der Waals surface area contributed by atoms with Gasteiger partial charge < -0.3 is 16.4 Å². The van der Waals surface area contributed by atoms with Crippen LogP contribution in [0.25, 0.3) is 0 Å². The molecule has 2 amide bonds. The third-order valence-electron chi connectivity index (χ3n) is 3.51. The van der Waals surface area contributed by atoms with Crippen LogP contribution in [-0.4, -0.2) is 34.9 Å². The molecule has 1 aromatic carbocycles. The van der Waals surface area contributed by atoms with Crippen molar-refractivity contribution in [1.29, 1.82) is 0 Å². The molecule has 1 heterocycles. The minimum atomic E-state index is -0.533. The predicted molar refractivity (Wildman–Crippen MR) is 90.2 cm³/mol. The van der Waals surface area contributed by atoms with Gasteiger partial charge >= 0.3 is 0 Å². The highest BCUT2D eigenvalue weighted by Crippen LogP contribution is 2.05. The molecule has 4 N–H and O–H groups in total. The molecular weight excluding hydrogens is 325 g/mol. The zero-order chi connectivity index (χ0) is 18.2. The van der Waals surface area contributed by atoms with Gasteiger partial charge in [0.15, 0.2) is 11.4 Å². The van der Waals surface area contributed by atoms with E-state index < -0.39 is 11.8 Å². The summed E-state index contributed by atoms with van der Waals surface area (Å²) in [6.45, 7) is 2.89. The fourth-order valence-corrected chi connectivity index (χ4v) is 1.97. The average Bonchev–Trinajstić information content (AvgIpc) is 2.65. The van der Waals surface area contributed by atoms with E-state index in [4.69, 9.17) is 5.73 Å². The molecule has 0 spiro atoms. The van der Waals surface area contributed by atoms with Gasteiger partial charge in [-0.2, -0.15) is 0 Å². The second-order valence-corrected chi connectivity index (χ2v) is 5.61. The summed E-state index contributed by atoms with van der Waals surface area (Å²) in [5.41, 5.74) is 6.12. The Balaban J connectivity index is 2.04. The zero-order valence-corrected chi connectivity index (χ0v) is 13.8. The van der Waals surface area contributed by atoms with Crippen molar-refractivity contribution in [3.05, 3.63) is 59.4 Å². The van der Waals surface area contributed by atoms with Crippen molar-refractivity contribution in [2.45, 2.75) is 13.5 Å². The van der Waals surface area contributed by atoms with Crippen LogP contribution in [-0.2, 0) is 6.54 Å². The number of aromatic nitrogens is 2. The second-order valence-electron chi connectivity index (χ2n) is 5.61. The summed E-state index contributed by atoms with van der Waals surface area (Å²) >= 11 is 0. The Morgan fingerprint density at radius 3 is 2.20 bits per heavy atom. The predicted octanol–water partition coefficient (Wildman–Crippen LogP) is 0.870. The molecule has 2 rings (SSSR count). The maximum atomic E-state index is 12.9. The molecule has 0 saturated carbocycles. The molecule has 1 atom stereocenters. The van der Waals surface area contributed by atoms with Crippen LogP contribution in [0.5, 0.6) is 0 Å². The van der Waals surface area contributed by atoms with Crippen molar-refractivity contribution in [1.82, 2.24) is 20.6 Å². The van der Waals surface area contributed by atoms with E-state index in [2.05, 4.69) is 20.6 Å². The van der Waals surface area contributed by atoms with Gasteiger partial charge in [0.25, 0.3) is 11.8 Å². The number of nitrogens with zero attached hydrogens (tertiary/aromatic N) is 2. The molecule has 8 heteroatoms. The molecule has 0 bridgehead atoms. The van der Waals surface area contributed by atoms with Crippen LogP contribution in [0.4, 0.5) is 4.39 Å². The molecule has 1 aromatic heterocycles. The lowest BCUT2D eigenvalue weighted by Crippen LogP contribution is -2.34. The monoisotopic (exact) mass is 345 g/mol. The Bertz CT molecular complexity index is 736. The largest absolute Gasteiger partial charge is 0.350 e. The summed E-state index contributed by atoms with van der Waals surface area (Å²) in [4.78, 5) is 32.4. The zero-order valence-electron chi connectivity index (χ0n) is 13.8. The van der Waals surface area contributed by atoms with Crippen LogP contribution >= 0.6 is 0 Å². The first-order chi connectivity index (χ1) is 12.0. The maximum Gasteiger partial charge on any atom is 0.272 e. The Hall–Kier alpha value is -2.87. The number of halogens is 1. The van der Waals surface area contributed by atoms with E-state index in [1.165, 1.54) is 24.5 Å². The highest BCUT2D eigenvalue weighted by Gasteiger charge is 2.20.